The number of carbonyl (C=O) groups is 1. The zero-order valence-electron chi connectivity index (χ0n) is 15.4. The van der Waals surface area contributed by atoms with Crippen molar-refractivity contribution in [2.24, 2.45) is 5.92 Å². The van der Waals surface area contributed by atoms with Gasteiger partial charge in [0.15, 0.2) is 0 Å². The van der Waals surface area contributed by atoms with Crippen molar-refractivity contribution < 1.29 is 14.6 Å². The van der Waals surface area contributed by atoms with Gasteiger partial charge in [-0.05, 0) is 59.1 Å². The Bertz CT molecular complexity index is 536. The molecular weight excluding hydrogens is 292 g/mol. The summed E-state index contributed by atoms with van der Waals surface area (Å²) >= 11 is 0. The van der Waals surface area contributed by atoms with Crippen LogP contribution in [-0.4, -0.2) is 39.3 Å². The van der Waals surface area contributed by atoms with E-state index in [2.05, 4.69) is 18.8 Å². The van der Waals surface area contributed by atoms with Crippen molar-refractivity contribution in [3.05, 3.63) is 23.5 Å². The number of amides is 1. The quantitative estimate of drug-likeness (QED) is 0.834. The number of hydrogen-bond donors (Lipinski definition) is 1. The van der Waals surface area contributed by atoms with E-state index in [9.17, 15) is 4.79 Å². The van der Waals surface area contributed by atoms with E-state index in [1.165, 1.54) is 0 Å². The summed E-state index contributed by atoms with van der Waals surface area (Å²) in [6, 6.07) is 3.85. The van der Waals surface area contributed by atoms with Crippen LogP contribution in [0.1, 0.15) is 52.4 Å². The van der Waals surface area contributed by atoms with Crippen LogP contribution in [-0.2, 0) is 4.74 Å². The first kappa shape index (κ1) is 19.3. The van der Waals surface area contributed by atoms with Crippen molar-refractivity contribution in [2.45, 2.75) is 66.5 Å². The fourth-order valence-corrected chi connectivity index (χ4v) is 2.15. The molecule has 2 rings (SSSR count). The molecule has 0 saturated carbocycles. The zero-order valence-corrected chi connectivity index (χ0v) is 15.4. The normalized spacial score (nSPS) is 16.7. The molecule has 5 nitrogen and oxygen atoms in total. The first-order valence-electron chi connectivity index (χ1n) is 8.12. The molecule has 0 spiro atoms. The molecule has 0 aliphatic carbocycles. The maximum absolute atomic E-state index is 11.5. The summed E-state index contributed by atoms with van der Waals surface area (Å²) in [4.78, 5) is 17.3. The predicted octanol–water partition coefficient (Wildman–Crippen LogP) is 4.06. The van der Waals surface area contributed by atoms with Crippen molar-refractivity contribution in [2.75, 3.05) is 6.54 Å². The van der Waals surface area contributed by atoms with Crippen LogP contribution in [0.4, 0.5) is 4.79 Å². The van der Waals surface area contributed by atoms with Gasteiger partial charge in [-0.1, -0.05) is 13.8 Å². The topological polar surface area (TPSA) is 62.4 Å². The van der Waals surface area contributed by atoms with Crippen LogP contribution in [0.15, 0.2) is 12.1 Å². The fourth-order valence-electron chi connectivity index (χ4n) is 2.15. The van der Waals surface area contributed by atoms with Crippen LogP contribution < -0.4 is 0 Å². The Morgan fingerprint density at radius 2 is 2.00 bits per heavy atom. The SMILES string of the molecule is CC(C)CC1CN1C(=O)OC(C)(C)C.Cc1ccc(O)c(C)n1. The van der Waals surface area contributed by atoms with Gasteiger partial charge in [-0.3, -0.25) is 4.98 Å². The van der Waals surface area contributed by atoms with Gasteiger partial charge in [0.2, 0.25) is 0 Å². The average Bonchev–Trinajstić information content (AvgIpc) is 3.11. The van der Waals surface area contributed by atoms with E-state index < -0.39 is 0 Å². The Kier molecular flexibility index (Phi) is 6.42. The molecule has 0 radical (unpaired) electrons. The molecule has 23 heavy (non-hydrogen) atoms. The van der Waals surface area contributed by atoms with Crippen LogP contribution in [0.25, 0.3) is 0 Å². The van der Waals surface area contributed by atoms with Gasteiger partial charge in [0, 0.05) is 12.2 Å². The summed E-state index contributed by atoms with van der Waals surface area (Å²) in [5.74, 6) is 0.910. The van der Waals surface area contributed by atoms with Crippen LogP contribution in [0.3, 0.4) is 0 Å². The maximum Gasteiger partial charge on any atom is 0.410 e. The summed E-state index contributed by atoms with van der Waals surface area (Å²) in [5, 5.41) is 8.98. The van der Waals surface area contributed by atoms with Crippen molar-refractivity contribution in [1.82, 2.24) is 9.88 Å². The molecule has 130 valence electrons. The molecule has 0 aromatic carbocycles. The minimum absolute atomic E-state index is 0.164. The third kappa shape index (κ3) is 7.35. The number of rotatable bonds is 2. The van der Waals surface area contributed by atoms with E-state index >= 15 is 0 Å². The van der Waals surface area contributed by atoms with Crippen LogP contribution >= 0.6 is 0 Å². The van der Waals surface area contributed by atoms with Crippen molar-refractivity contribution in [3.8, 4) is 5.75 Å². The molecule has 1 N–H and O–H groups in total. The first-order valence-corrected chi connectivity index (χ1v) is 8.12. The Labute approximate surface area is 139 Å². The Morgan fingerprint density at radius 3 is 2.43 bits per heavy atom. The van der Waals surface area contributed by atoms with Crippen LogP contribution in [0, 0.1) is 19.8 Å². The van der Waals surface area contributed by atoms with Crippen molar-refractivity contribution in [3.63, 3.8) is 0 Å². The van der Waals surface area contributed by atoms with Gasteiger partial charge in [0.1, 0.15) is 11.4 Å². The zero-order chi connectivity index (χ0) is 17.8. The first-order chi connectivity index (χ1) is 10.5. The van der Waals surface area contributed by atoms with Crippen LogP contribution in [0.2, 0.25) is 0 Å². The molecule has 1 aromatic rings. The van der Waals surface area contributed by atoms with Gasteiger partial charge >= 0.3 is 6.09 Å². The maximum atomic E-state index is 11.5. The Balaban J connectivity index is 0.000000253. The Hall–Kier alpha value is -1.78. The molecule has 1 atom stereocenters. The third-order valence-electron chi connectivity index (χ3n) is 3.28. The largest absolute Gasteiger partial charge is 0.506 e. The predicted molar refractivity (Wildman–Crippen MR) is 91.6 cm³/mol. The molecule has 2 heterocycles. The lowest BCUT2D eigenvalue weighted by molar-refractivity contribution is 0.0404. The Morgan fingerprint density at radius 1 is 1.39 bits per heavy atom. The number of aromatic nitrogens is 1. The summed E-state index contributed by atoms with van der Waals surface area (Å²) in [6.45, 7) is 14.6. The summed E-state index contributed by atoms with van der Waals surface area (Å²) in [7, 11) is 0. The van der Waals surface area contributed by atoms with Gasteiger partial charge in [0.05, 0.1) is 11.7 Å². The highest BCUT2D eigenvalue weighted by molar-refractivity contribution is 5.71. The highest BCUT2D eigenvalue weighted by Crippen LogP contribution is 2.26. The number of aryl methyl sites for hydroxylation is 2. The van der Waals surface area contributed by atoms with E-state index in [0.29, 0.717) is 17.7 Å². The van der Waals surface area contributed by atoms with Crippen LogP contribution in [0.5, 0.6) is 5.75 Å². The smallest absolute Gasteiger partial charge is 0.410 e. The summed E-state index contributed by atoms with van der Waals surface area (Å²) in [6.07, 6.45) is 0.919. The molecule has 1 amide bonds. The van der Waals surface area contributed by atoms with Gasteiger partial charge in [-0.25, -0.2) is 4.79 Å². The molecule has 1 aromatic heterocycles. The fraction of sp³-hybridized carbons (Fsp3) is 0.667. The van der Waals surface area contributed by atoms with Gasteiger partial charge in [0.25, 0.3) is 0 Å². The van der Waals surface area contributed by atoms with E-state index in [1.807, 2.05) is 27.7 Å². The lowest BCUT2D eigenvalue weighted by atomic mass is 10.1. The molecule has 5 heteroatoms. The number of nitrogens with zero attached hydrogens (tertiary/aromatic N) is 2. The summed E-state index contributed by atoms with van der Waals surface area (Å²) in [5.41, 5.74) is 1.25. The highest BCUT2D eigenvalue weighted by atomic mass is 16.6. The molecule has 1 saturated heterocycles. The molecule has 1 aliphatic rings. The second-order valence-electron chi connectivity index (χ2n) is 7.47. The number of ether oxygens (including phenoxy) is 1. The van der Waals surface area contributed by atoms with Gasteiger partial charge < -0.3 is 14.7 Å². The van der Waals surface area contributed by atoms with Crippen molar-refractivity contribution >= 4 is 6.09 Å². The molecular formula is C18H30N2O3. The van der Waals surface area contributed by atoms with E-state index in [-0.39, 0.29) is 17.4 Å². The lowest BCUT2D eigenvalue weighted by Crippen LogP contribution is -2.28. The van der Waals surface area contributed by atoms with Gasteiger partial charge in [-0.2, -0.15) is 0 Å². The molecule has 1 aliphatic heterocycles. The lowest BCUT2D eigenvalue weighted by Gasteiger charge is -2.20. The molecule has 1 unspecified atom stereocenters. The second kappa shape index (κ2) is 7.66. The van der Waals surface area contributed by atoms with Gasteiger partial charge in [-0.15, -0.1) is 0 Å². The summed E-state index contributed by atoms with van der Waals surface area (Å²) < 4.78 is 5.26. The highest BCUT2D eigenvalue weighted by Gasteiger charge is 2.40. The second-order valence-corrected chi connectivity index (χ2v) is 7.47. The molecule has 1 fully saturated rings. The van der Waals surface area contributed by atoms with E-state index in [0.717, 1.165) is 18.7 Å². The standard InChI is InChI=1S/C11H21NO2.C7H9NO/c1-8(2)6-9-7-12(9)10(13)14-11(3,4)5;1-5-3-4-7(9)6(2)8-5/h8-9H,6-7H2,1-5H3;3-4,9H,1-2H3. The van der Waals surface area contributed by atoms with E-state index in [1.54, 1.807) is 24.0 Å². The number of pyridine rings is 1. The third-order valence-corrected chi connectivity index (χ3v) is 3.28. The number of hydrogen-bond acceptors (Lipinski definition) is 4. The molecule has 0 bridgehead atoms. The average molecular weight is 322 g/mol. The van der Waals surface area contributed by atoms with Crippen molar-refractivity contribution in [1.29, 1.82) is 0 Å². The minimum Gasteiger partial charge on any atom is -0.506 e. The number of carbonyl (C=O) groups excluding carboxylic acids is 1. The number of aromatic hydroxyl groups is 1. The monoisotopic (exact) mass is 322 g/mol. The van der Waals surface area contributed by atoms with E-state index in [4.69, 9.17) is 9.84 Å². The minimum atomic E-state index is -0.373.